The largest absolute Gasteiger partial charge is 0.382 e. The summed E-state index contributed by atoms with van der Waals surface area (Å²) in [6, 6.07) is 9.86. The van der Waals surface area contributed by atoms with E-state index in [1.807, 2.05) is 0 Å². The molecule has 3 heterocycles. The number of nitrogens with zero attached hydrogens (tertiary/aromatic N) is 5. The molecule has 32 heavy (non-hydrogen) atoms. The van der Waals surface area contributed by atoms with Crippen molar-refractivity contribution in [2.24, 2.45) is 5.41 Å². The minimum Gasteiger partial charge on any atom is -0.382 e. The van der Waals surface area contributed by atoms with Crippen molar-refractivity contribution >= 4 is 17.4 Å². The third-order valence-electron chi connectivity index (χ3n) is 4.73. The fourth-order valence-corrected chi connectivity index (χ4v) is 2.91. The van der Waals surface area contributed by atoms with Crippen LogP contribution in [0.1, 0.15) is 26.3 Å². The van der Waals surface area contributed by atoms with Crippen LogP contribution in [-0.2, 0) is 11.3 Å². The third kappa shape index (κ3) is 4.34. The summed E-state index contributed by atoms with van der Waals surface area (Å²) in [4.78, 5) is 20.8. The maximum atomic E-state index is 14.2. The van der Waals surface area contributed by atoms with Gasteiger partial charge >= 0.3 is 0 Å². The smallest absolute Gasteiger partial charge is 0.229 e. The lowest BCUT2D eigenvalue weighted by molar-refractivity contribution is -0.123. The summed E-state index contributed by atoms with van der Waals surface area (Å²) >= 11 is 0. The number of amides is 1. The van der Waals surface area contributed by atoms with Crippen molar-refractivity contribution in [2.75, 3.05) is 11.1 Å². The molecule has 0 aliphatic rings. The lowest BCUT2D eigenvalue weighted by Gasteiger charge is -2.18. The summed E-state index contributed by atoms with van der Waals surface area (Å²) in [7, 11) is 0. The average Bonchev–Trinajstić information content (AvgIpc) is 3.40. The number of hydrogen-bond donors (Lipinski definition) is 2. The van der Waals surface area contributed by atoms with Crippen LogP contribution in [0.3, 0.4) is 0 Å². The van der Waals surface area contributed by atoms with Gasteiger partial charge in [0, 0.05) is 17.0 Å². The summed E-state index contributed by atoms with van der Waals surface area (Å²) in [6.07, 6.45) is 2.88. The Labute approximate surface area is 183 Å². The molecule has 1 aromatic carbocycles. The molecule has 0 radical (unpaired) electrons. The predicted octanol–water partition coefficient (Wildman–Crippen LogP) is 3.75. The SMILES string of the molecule is CC(C)(C)C(=O)Nc1cnc(-c2cc(-c3ccon3)n(Cc3ccccc3F)n2)nc1N. The Kier molecular flexibility index (Phi) is 5.43. The lowest BCUT2D eigenvalue weighted by Crippen LogP contribution is -2.28. The van der Waals surface area contributed by atoms with Gasteiger partial charge in [0.2, 0.25) is 5.91 Å². The second-order valence-corrected chi connectivity index (χ2v) is 8.25. The van der Waals surface area contributed by atoms with Crippen molar-refractivity contribution in [3.05, 3.63) is 60.2 Å². The highest BCUT2D eigenvalue weighted by molar-refractivity contribution is 5.96. The van der Waals surface area contributed by atoms with Crippen molar-refractivity contribution in [3.63, 3.8) is 0 Å². The van der Waals surface area contributed by atoms with E-state index in [-0.39, 0.29) is 29.9 Å². The van der Waals surface area contributed by atoms with E-state index < -0.39 is 5.41 Å². The van der Waals surface area contributed by atoms with Crippen molar-refractivity contribution in [3.8, 4) is 22.9 Å². The van der Waals surface area contributed by atoms with E-state index in [0.717, 1.165) is 0 Å². The van der Waals surface area contributed by atoms with E-state index in [9.17, 15) is 9.18 Å². The van der Waals surface area contributed by atoms with Crippen molar-refractivity contribution in [1.82, 2.24) is 24.9 Å². The Hall–Kier alpha value is -4.08. The molecule has 4 aromatic rings. The maximum absolute atomic E-state index is 14.2. The number of anilines is 2. The molecule has 0 unspecified atom stereocenters. The molecule has 3 N–H and O–H groups in total. The Balaban J connectivity index is 1.69. The van der Waals surface area contributed by atoms with Crippen LogP contribution < -0.4 is 11.1 Å². The number of benzene rings is 1. The molecule has 0 atom stereocenters. The zero-order valence-electron chi connectivity index (χ0n) is 17.8. The monoisotopic (exact) mass is 435 g/mol. The fourth-order valence-electron chi connectivity index (χ4n) is 2.91. The van der Waals surface area contributed by atoms with Crippen LogP contribution in [0, 0.1) is 11.2 Å². The average molecular weight is 435 g/mol. The number of aromatic nitrogens is 5. The molecule has 0 bridgehead atoms. The summed E-state index contributed by atoms with van der Waals surface area (Å²) < 4.78 is 20.8. The molecule has 0 fully saturated rings. The standard InChI is InChI=1S/C22H22FN7O2/c1-22(2,3)21(31)26-17-11-25-20(27-19(17)24)16-10-18(15-8-9-32-29-15)30(28-16)12-13-6-4-5-7-14(13)23/h4-11H,12H2,1-3H3,(H,26,31)(H2,24,25,27). The van der Waals surface area contributed by atoms with Crippen molar-refractivity contribution in [2.45, 2.75) is 27.3 Å². The topological polar surface area (TPSA) is 125 Å². The number of rotatable bonds is 5. The lowest BCUT2D eigenvalue weighted by atomic mass is 9.96. The van der Waals surface area contributed by atoms with E-state index in [2.05, 4.69) is 25.5 Å². The molecule has 0 saturated heterocycles. The molecule has 1 amide bonds. The van der Waals surface area contributed by atoms with Crippen LogP contribution in [0.4, 0.5) is 15.9 Å². The second kappa shape index (κ2) is 8.22. The Bertz CT molecular complexity index is 1260. The Morgan fingerprint density at radius 2 is 2.00 bits per heavy atom. The number of halogens is 1. The van der Waals surface area contributed by atoms with E-state index in [0.29, 0.717) is 28.3 Å². The van der Waals surface area contributed by atoms with Crippen LogP contribution in [-0.4, -0.2) is 30.8 Å². The zero-order chi connectivity index (χ0) is 22.9. The molecule has 164 valence electrons. The third-order valence-corrected chi connectivity index (χ3v) is 4.73. The van der Waals surface area contributed by atoms with Crippen LogP contribution in [0.15, 0.2) is 53.4 Å². The van der Waals surface area contributed by atoms with Gasteiger partial charge in [-0.05, 0) is 12.1 Å². The van der Waals surface area contributed by atoms with E-state index in [4.69, 9.17) is 10.3 Å². The summed E-state index contributed by atoms with van der Waals surface area (Å²) in [5.74, 6) is -0.175. The molecule has 0 saturated carbocycles. The predicted molar refractivity (Wildman–Crippen MR) is 117 cm³/mol. The van der Waals surface area contributed by atoms with Crippen LogP contribution >= 0.6 is 0 Å². The van der Waals surface area contributed by atoms with Gasteiger partial charge < -0.3 is 15.6 Å². The number of nitrogen functional groups attached to an aromatic ring is 1. The maximum Gasteiger partial charge on any atom is 0.229 e. The van der Waals surface area contributed by atoms with Gasteiger partial charge in [0.05, 0.1) is 18.4 Å². The first-order chi connectivity index (χ1) is 15.2. The Morgan fingerprint density at radius 3 is 2.66 bits per heavy atom. The van der Waals surface area contributed by atoms with Gasteiger partial charge in [-0.1, -0.05) is 44.1 Å². The fraction of sp³-hybridized carbons (Fsp3) is 0.227. The molecule has 3 aromatic heterocycles. The summed E-state index contributed by atoms with van der Waals surface area (Å²) in [5, 5.41) is 11.2. The van der Waals surface area contributed by atoms with E-state index in [1.165, 1.54) is 18.5 Å². The van der Waals surface area contributed by atoms with Gasteiger partial charge in [0.15, 0.2) is 11.6 Å². The molecular formula is C22H22FN7O2. The number of hydrogen-bond acceptors (Lipinski definition) is 7. The Morgan fingerprint density at radius 1 is 1.22 bits per heavy atom. The number of nitrogens with one attached hydrogen (secondary N) is 1. The first kappa shape index (κ1) is 21.2. The quantitative estimate of drug-likeness (QED) is 0.489. The molecule has 0 aliphatic heterocycles. The summed E-state index contributed by atoms with van der Waals surface area (Å²) in [5.41, 5.74) is 7.79. The summed E-state index contributed by atoms with van der Waals surface area (Å²) in [6.45, 7) is 5.55. The molecule has 0 aliphatic carbocycles. The molecular weight excluding hydrogens is 413 g/mol. The van der Waals surface area contributed by atoms with Gasteiger partial charge in [-0.2, -0.15) is 5.10 Å². The van der Waals surface area contributed by atoms with Gasteiger partial charge in [-0.15, -0.1) is 0 Å². The second-order valence-electron chi connectivity index (χ2n) is 8.25. The highest BCUT2D eigenvalue weighted by Gasteiger charge is 2.23. The van der Waals surface area contributed by atoms with Crippen molar-refractivity contribution < 1.29 is 13.7 Å². The molecule has 10 heteroatoms. The van der Waals surface area contributed by atoms with Gasteiger partial charge in [0.25, 0.3) is 0 Å². The van der Waals surface area contributed by atoms with E-state index >= 15 is 0 Å². The van der Waals surface area contributed by atoms with E-state index in [1.54, 1.807) is 55.8 Å². The minimum atomic E-state index is -0.594. The van der Waals surface area contributed by atoms with Crippen LogP contribution in [0.25, 0.3) is 22.9 Å². The van der Waals surface area contributed by atoms with Crippen molar-refractivity contribution in [1.29, 1.82) is 0 Å². The highest BCUT2D eigenvalue weighted by atomic mass is 19.1. The number of carbonyl (C=O) groups is 1. The molecule has 4 rings (SSSR count). The molecule has 0 spiro atoms. The molecule has 9 nitrogen and oxygen atoms in total. The first-order valence-electron chi connectivity index (χ1n) is 9.89. The number of nitrogens with two attached hydrogens (primary N) is 1. The van der Waals surface area contributed by atoms with Gasteiger partial charge in [-0.25, -0.2) is 14.4 Å². The van der Waals surface area contributed by atoms with Crippen LogP contribution in [0.5, 0.6) is 0 Å². The van der Waals surface area contributed by atoms with Gasteiger partial charge in [0.1, 0.15) is 29.2 Å². The first-order valence-corrected chi connectivity index (χ1v) is 9.89. The number of carbonyl (C=O) groups excluding carboxylic acids is 1. The normalized spacial score (nSPS) is 11.5. The highest BCUT2D eigenvalue weighted by Crippen LogP contribution is 2.27. The van der Waals surface area contributed by atoms with Crippen LogP contribution in [0.2, 0.25) is 0 Å². The zero-order valence-corrected chi connectivity index (χ0v) is 17.8. The van der Waals surface area contributed by atoms with Gasteiger partial charge in [-0.3, -0.25) is 9.48 Å². The minimum absolute atomic E-state index is 0.110.